The summed E-state index contributed by atoms with van der Waals surface area (Å²) in [5.74, 6) is 2.64. The first kappa shape index (κ1) is 13.0. The number of ether oxygens (including phenoxy) is 1. The average Bonchev–Trinajstić information content (AvgIpc) is 2.30. The molecule has 0 aromatic carbocycles. The second-order valence-corrected chi connectivity index (χ2v) is 3.91. The van der Waals surface area contributed by atoms with Gasteiger partial charge in [-0.3, -0.25) is 4.79 Å². The molecule has 0 aliphatic carbocycles. The fourth-order valence-corrected chi connectivity index (χ4v) is 1.61. The standard InChI is InChI=1S/C12H20N2O2/c1-2-3-4-5-6-14-12(15)9-11-10-13-7-8-16-11/h1,11,13H,3-10H2,(H,14,15). The van der Waals surface area contributed by atoms with E-state index in [9.17, 15) is 4.79 Å². The van der Waals surface area contributed by atoms with Crippen molar-refractivity contribution in [1.82, 2.24) is 10.6 Å². The van der Waals surface area contributed by atoms with Crippen molar-refractivity contribution in [2.45, 2.75) is 31.8 Å². The van der Waals surface area contributed by atoms with Gasteiger partial charge in [0.15, 0.2) is 0 Å². The van der Waals surface area contributed by atoms with Crippen molar-refractivity contribution in [3.05, 3.63) is 0 Å². The quantitative estimate of drug-likeness (QED) is 0.503. The molecule has 0 saturated carbocycles. The van der Waals surface area contributed by atoms with Crippen LogP contribution in [-0.2, 0) is 9.53 Å². The van der Waals surface area contributed by atoms with E-state index in [1.165, 1.54) is 0 Å². The molecule has 1 unspecified atom stereocenters. The first-order valence-corrected chi connectivity index (χ1v) is 5.85. The van der Waals surface area contributed by atoms with Gasteiger partial charge in [-0.1, -0.05) is 0 Å². The number of morpholine rings is 1. The largest absolute Gasteiger partial charge is 0.375 e. The normalized spacial score (nSPS) is 20.1. The molecular weight excluding hydrogens is 204 g/mol. The van der Waals surface area contributed by atoms with E-state index >= 15 is 0 Å². The zero-order valence-electron chi connectivity index (χ0n) is 9.63. The summed E-state index contributed by atoms with van der Waals surface area (Å²) in [6.07, 6.45) is 8.31. The zero-order chi connectivity index (χ0) is 11.6. The maximum atomic E-state index is 11.5. The Labute approximate surface area is 97.1 Å². The van der Waals surface area contributed by atoms with Gasteiger partial charge in [-0.2, -0.15) is 0 Å². The molecule has 1 fully saturated rings. The van der Waals surface area contributed by atoms with Crippen molar-refractivity contribution in [2.75, 3.05) is 26.2 Å². The van der Waals surface area contributed by atoms with Gasteiger partial charge in [0.05, 0.1) is 19.1 Å². The zero-order valence-corrected chi connectivity index (χ0v) is 9.63. The molecular formula is C12H20N2O2. The maximum Gasteiger partial charge on any atom is 0.222 e. The van der Waals surface area contributed by atoms with Crippen LogP contribution >= 0.6 is 0 Å². The van der Waals surface area contributed by atoms with Crippen molar-refractivity contribution in [3.8, 4) is 12.3 Å². The number of unbranched alkanes of at least 4 members (excludes halogenated alkanes) is 2. The first-order chi connectivity index (χ1) is 7.83. The molecule has 1 aliphatic rings. The number of amides is 1. The predicted molar refractivity (Wildman–Crippen MR) is 62.9 cm³/mol. The summed E-state index contributed by atoms with van der Waals surface area (Å²) in [7, 11) is 0. The molecule has 0 aromatic rings. The molecule has 1 amide bonds. The second-order valence-electron chi connectivity index (χ2n) is 3.91. The number of rotatable bonds is 6. The van der Waals surface area contributed by atoms with Crippen LogP contribution in [0, 0.1) is 12.3 Å². The highest BCUT2D eigenvalue weighted by Crippen LogP contribution is 2.01. The van der Waals surface area contributed by atoms with Crippen molar-refractivity contribution < 1.29 is 9.53 Å². The van der Waals surface area contributed by atoms with Crippen LogP contribution in [0.1, 0.15) is 25.7 Å². The lowest BCUT2D eigenvalue weighted by molar-refractivity contribution is -0.124. The molecule has 1 aliphatic heterocycles. The molecule has 0 spiro atoms. The van der Waals surface area contributed by atoms with Crippen molar-refractivity contribution in [2.24, 2.45) is 0 Å². The van der Waals surface area contributed by atoms with Crippen LogP contribution in [0.25, 0.3) is 0 Å². The molecule has 90 valence electrons. The summed E-state index contributed by atoms with van der Waals surface area (Å²) in [6, 6.07) is 0. The van der Waals surface area contributed by atoms with Crippen LogP contribution in [0.15, 0.2) is 0 Å². The lowest BCUT2D eigenvalue weighted by Crippen LogP contribution is -2.41. The summed E-state index contributed by atoms with van der Waals surface area (Å²) in [4.78, 5) is 11.5. The average molecular weight is 224 g/mol. The lowest BCUT2D eigenvalue weighted by atomic mass is 10.2. The molecule has 16 heavy (non-hydrogen) atoms. The van der Waals surface area contributed by atoms with Crippen molar-refractivity contribution in [3.63, 3.8) is 0 Å². The van der Waals surface area contributed by atoms with E-state index in [1.54, 1.807) is 0 Å². The highest BCUT2D eigenvalue weighted by molar-refractivity contribution is 5.76. The summed E-state index contributed by atoms with van der Waals surface area (Å²) in [5, 5.41) is 6.07. The second kappa shape index (κ2) is 8.14. The number of carbonyl (C=O) groups is 1. The number of terminal acetylenes is 1. The smallest absolute Gasteiger partial charge is 0.222 e. The van der Waals surface area contributed by atoms with Crippen LogP contribution in [0.2, 0.25) is 0 Å². The SMILES string of the molecule is C#CCCCCNC(=O)CC1CNCCO1. The summed E-state index contributed by atoms with van der Waals surface area (Å²) < 4.78 is 5.44. The van der Waals surface area contributed by atoms with Gasteiger partial charge in [-0.15, -0.1) is 12.3 Å². The third-order valence-corrected chi connectivity index (χ3v) is 2.49. The van der Waals surface area contributed by atoms with Gasteiger partial charge in [-0.25, -0.2) is 0 Å². The summed E-state index contributed by atoms with van der Waals surface area (Å²) in [6.45, 7) is 3.05. The van der Waals surface area contributed by atoms with Crippen LogP contribution < -0.4 is 10.6 Å². The minimum absolute atomic E-state index is 0.0273. The summed E-state index contributed by atoms with van der Waals surface area (Å²) in [5.41, 5.74) is 0. The van der Waals surface area contributed by atoms with Gasteiger partial charge in [0, 0.05) is 26.1 Å². The van der Waals surface area contributed by atoms with E-state index in [2.05, 4.69) is 16.6 Å². The Kier molecular flexibility index (Phi) is 6.62. The number of hydrogen-bond donors (Lipinski definition) is 2. The third kappa shape index (κ3) is 5.74. The first-order valence-electron chi connectivity index (χ1n) is 5.85. The monoisotopic (exact) mass is 224 g/mol. The van der Waals surface area contributed by atoms with E-state index in [4.69, 9.17) is 11.2 Å². The summed E-state index contributed by atoms with van der Waals surface area (Å²) >= 11 is 0. The van der Waals surface area contributed by atoms with Crippen molar-refractivity contribution in [1.29, 1.82) is 0 Å². The number of carbonyl (C=O) groups excluding carboxylic acids is 1. The van der Waals surface area contributed by atoms with E-state index in [-0.39, 0.29) is 12.0 Å². The van der Waals surface area contributed by atoms with Gasteiger partial charge < -0.3 is 15.4 Å². The molecule has 1 atom stereocenters. The fourth-order valence-electron chi connectivity index (χ4n) is 1.61. The molecule has 1 saturated heterocycles. The van der Waals surface area contributed by atoms with E-state index in [0.29, 0.717) is 19.6 Å². The number of hydrogen-bond acceptors (Lipinski definition) is 3. The molecule has 0 bridgehead atoms. The lowest BCUT2D eigenvalue weighted by Gasteiger charge is -2.23. The molecule has 0 radical (unpaired) electrons. The van der Waals surface area contributed by atoms with Crippen molar-refractivity contribution >= 4 is 5.91 Å². The minimum Gasteiger partial charge on any atom is -0.375 e. The van der Waals surface area contributed by atoms with Gasteiger partial charge >= 0.3 is 0 Å². The van der Waals surface area contributed by atoms with Gasteiger partial charge in [0.2, 0.25) is 5.91 Å². The Morgan fingerprint density at radius 1 is 1.56 bits per heavy atom. The Bertz CT molecular complexity index is 242. The van der Waals surface area contributed by atoms with E-state index in [1.807, 2.05) is 0 Å². The molecule has 4 heteroatoms. The van der Waals surface area contributed by atoms with Gasteiger partial charge in [0.1, 0.15) is 0 Å². The molecule has 1 heterocycles. The van der Waals surface area contributed by atoms with Gasteiger partial charge in [0.25, 0.3) is 0 Å². The molecule has 1 rings (SSSR count). The van der Waals surface area contributed by atoms with Crippen LogP contribution in [-0.4, -0.2) is 38.3 Å². The van der Waals surface area contributed by atoms with Crippen LogP contribution in [0.4, 0.5) is 0 Å². The third-order valence-electron chi connectivity index (χ3n) is 2.49. The van der Waals surface area contributed by atoms with Crippen LogP contribution in [0.5, 0.6) is 0 Å². The predicted octanol–water partition coefficient (Wildman–Crippen LogP) is 0.285. The Morgan fingerprint density at radius 2 is 2.44 bits per heavy atom. The maximum absolute atomic E-state index is 11.5. The van der Waals surface area contributed by atoms with Gasteiger partial charge in [-0.05, 0) is 12.8 Å². The Morgan fingerprint density at radius 3 is 3.12 bits per heavy atom. The van der Waals surface area contributed by atoms with Crippen LogP contribution in [0.3, 0.4) is 0 Å². The number of nitrogens with one attached hydrogen (secondary N) is 2. The van der Waals surface area contributed by atoms with E-state index in [0.717, 1.165) is 32.4 Å². The highest BCUT2D eigenvalue weighted by atomic mass is 16.5. The molecule has 2 N–H and O–H groups in total. The molecule has 0 aromatic heterocycles. The Hall–Kier alpha value is -1.05. The van der Waals surface area contributed by atoms with E-state index < -0.39 is 0 Å². The minimum atomic E-state index is 0.0273. The fraction of sp³-hybridized carbons (Fsp3) is 0.750. The molecule has 4 nitrogen and oxygen atoms in total. The highest BCUT2D eigenvalue weighted by Gasteiger charge is 2.16. The topological polar surface area (TPSA) is 50.4 Å². The Balaban J connectivity index is 1.99.